The van der Waals surface area contributed by atoms with Crippen LogP contribution in [-0.4, -0.2) is 47.2 Å². The maximum Gasteiger partial charge on any atom is 0.209 e. The normalized spacial score (nSPS) is 18.9. The molecule has 1 aromatic heterocycles. The smallest absolute Gasteiger partial charge is 0.209 e. The van der Waals surface area contributed by atoms with Crippen molar-refractivity contribution in [1.29, 1.82) is 0 Å². The van der Waals surface area contributed by atoms with E-state index in [1.54, 1.807) is 4.68 Å². The number of nitrogens with zero attached hydrogens (tertiary/aromatic N) is 3. The summed E-state index contributed by atoms with van der Waals surface area (Å²) >= 11 is 13.0. The molecular formula is C17H23ClN4O2S3. The molecule has 2 aromatic rings. The fourth-order valence-electron chi connectivity index (χ4n) is 3.13. The van der Waals surface area contributed by atoms with Crippen molar-refractivity contribution >= 4 is 55.8 Å². The van der Waals surface area contributed by atoms with Crippen molar-refractivity contribution in [3.05, 3.63) is 32.7 Å². The number of anilines is 2. The van der Waals surface area contributed by atoms with Gasteiger partial charge in [0, 0.05) is 16.8 Å². The highest BCUT2D eigenvalue weighted by atomic mass is 35.5. The van der Waals surface area contributed by atoms with Gasteiger partial charge in [-0.25, -0.2) is 13.1 Å². The molecule has 0 aliphatic carbocycles. The third-order valence-electron chi connectivity index (χ3n) is 4.58. The molecule has 1 saturated heterocycles. The molecule has 1 unspecified atom stereocenters. The molecular weight excluding hydrogens is 424 g/mol. The maximum atomic E-state index is 11.8. The highest BCUT2D eigenvalue weighted by Gasteiger charge is 2.32. The Morgan fingerprint density at radius 3 is 2.89 bits per heavy atom. The summed E-state index contributed by atoms with van der Waals surface area (Å²) in [5.41, 5.74) is 1.87. The maximum absolute atomic E-state index is 11.8. The molecule has 1 aliphatic rings. The van der Waals surface area contributed by atoms with Gasteiger partial charge in [0.05, 0.1) is 18.2 Å². The summed E-state index contributed by atoms with van der Waals surface area (Å²) in [5.74, 6) is 0.485. The van der Waals surface area contributed by atoms with Crippen LogP contribution in [0.2, 0.25) is 5.02 Å². The highest BCUT2D eigenvalue weighted by molar-refractivity contribution is 7.91. The number of sulfone groups is 1. The lowest BCUT2D eigenvalue weighted by Crippen LogP contribution is -2.38. The first-order valence-electron chi connectivity index (χ1n) is 8.83. The SMILES string of the molecule is CCCN(Cn1nc(Nc2ccc(C)c(Cl)c2)sc1=S)C1CCS(=O)(=O)C1. The Labute approximate surface area is 174 Å². The van der Waals surface area contributed by atoms with E-state index >= 15 is 0 Å². The van der Waals surface area contributed by atoms with E-state index in [9.17, 15) is 8.42 Å². The molecule has 0 radical (unpaired) electrons. The molecule has 0 saturated carbocycles. The standard InChI is InChI=1S/C17H23ClN4O2S3/c1-3-7-21(14-6-8-27(23,24)10-14)11-22-17(25)26-16(20-22)19-13-5-4-12(2)15(18)9-13/h4-5,9,14H,3,6-8,10-11H2,1-2H3,(H,19,20). The van der Waals surface area contributed by atoms with Gasteiger partial charge in [-0.1, -0.05) is 35.9 Å². The van der Waals surface area contributed by atoms with Crippen LogP contribution in [0.1, 0.15) is 25.3 Å². The van der Waals surface area contributed by atoms with Gasteiger partial charge in [-0.3, -0.25) is 4.90 Å². The zero-order chi connectivity index (χ0) is 19.6. The van der Waals surface area contributed by atoms with E-state index in [0.717, 1.165) is 24.2 Å². The summed E-state index contributed by atoms with van der Waals surface area (Å²) in [6.07, 6.45) is 1.62. The van der Waals surface area contributed by atoms with Crippen LogP contribution in [0.15, 0.2) is 18.2 Å². The Balaban J connectivity index is 1.74. The number of aromatic nitrogens is 2. The van der Waals surface area contributed by atoms with Crippen molar-refractivity contribution in [1.82, 2.24) is 14.7 Å². The van der Waals surface area contributed by atoms with Crippen molar-refractivity contribution in [3.63, 3.8) is 0 Å². The van der Waals surface area contributed by atoms with E-state index < -0.39 is 9.84 Å². The van der Waals surface area contributed by atoms with Crippen LogP contribution in [0.25, 0.3) is 0 Å². The molecule has 1 fully saturated rings. The third kappa shape index (κ3) is 5.29. The average molecular weight is 447 g/mol. The molecule has 10 heteroatoms. The molecule has 0 bridgehead atoms. The zero-order valence-electron chi connectivity index (χ0n) is 15.3. The second kappa shape index (κ2) is 8.57. The molecule has 3 rings (SSSR count). The van der Waals surface area contributed by atoms with Crippen LogP contribution < -0.4 is 5.32 Å². The molecule has 0 amide bonds. The molecule has 6 nitrogen and oxygen atoms in total. The molecule has 1 aromatic carbocycles. The first kappa shape index (κ1) is 20.7. The van der Waals surface area contributed by atoms with E-state index in [4.69, 9.17) is 23.8 Å². The summed E-state index contributed by atoms with van der Waals surface area (Å²) in [5, 5.41) is 9.20. The van der Waals surface area contributed by atoms with Crippen molar-refractivity contribution in [3.8, 4) is 0 Å². The first-order valence-corrected chi connectivity index (χ1v) is 12.3. The van der Waals surface area contributed by atoms with Crippen LogP contribution in [0.5, 0.6) is 0 Å². The molecule has 148 valence electrons. The van der Waals surface area contributed by atoms with Crippen LogP contribution in [-0.2, 0) is 16.5 Å². The van der Waals surface area contributed by atoms with Crippen molar-refractivity contribution in [2.24, 2.45) is 0 Å². The Hall–Kier alpha value is -1.00. The van der Waals surface area contributed by atoms with E-state index in [0.29, 0.717) is 27.2 Å². The second-order valence-electron chi connectivity index (χ2n) is 6.77. The van der Waals surface area contributed by atoms with E-state index in [1.807, 2.05) is 25.1 Å². The largest absolute Gasteiger partial charge is 0.330 e. The van der Waals surface area contributed by atoms with Crippen molar-refractivity contribution in [2.75, 3.05) is 23.4 Å². The van der Waals surface area contributed by atoms with Crippen LogP contribution >= 0.6 is 35.2 Å². The molecule has 0 spiro atoms. The molecule has 1 atom stereocenters. The average Bonchev–Trinajstić information content (AvgIpc) is 3.12. The van der Waals surface area contributed by atoms with Gasteiger partial charge in [-0.15, -0.1) is 5.10 Å². The van der Waals surface area contributed by atoms with Crippen LogP contribution in [0.3, 0.4) is 0 Å². The van der Waals surface area contributed by atoms with Crippen LogP contribution in [0.4, 0.5) is 10.8 Å². The minimum atomic E-state index is -2.92. The first-order chi connectivity index (χ1) is 12.8. The predicted octanol–water partition coefficient (Wildman–Crippen LogP) is 4.24. The number of rotatable bonds is 7. The molecule has 2 heterocycles. The van der Waals surface area contributed by atoms with E-state index in [-0.39, 0.29) is 17.5 Å². The van der Waals surface area contributed by atoms with Gasteiger partial charge in [0.1, 0.15) is 0 Å². The Kier molecular flexibility index (Phi) is 6.58. The summed E-state index contributed by atoms with van der Waals surface area (Å²) in [6, 6.07) is 5.79. The fraction of sp³-hybridized carbons (Fsp3) is 0.529. The quantitative estimate of drug-likeness (QED) is 0.641. The number of benzene rings is 1. The van der Waals surface area contributed by atoms with Gasteiger partial charge < -0.3 is 5.32 Å². The summed E-state index contributed by atoms with van der Waals surface area (Å²) in [6.45, 7) is 5.36. The van der Waals surface area contributed by atoms with Crippen LogP contribution in [0, 0.1) is 10.9 Å². The van der Waals surface area contributed by atoms with Gasteiger partial charge in [0.25, 0.3) is 0 Å². The lowest BCUT2D eigenvalue weighted by atomic mass is 10.2. The zero-order valence-corrected chi connectivity index (χ0v) is 18.5. The lowest BCUT2D eigenvalue weighted by molar-refractivity contribution is 0.156. The number of hydrogen-bond donors (Lipinski definition) is 1. The predicted molar refractivity (Wildman–Crippen MR) is 114 cm³/mol. The molecule has 1 aliphatic heterocycles. The van der Waals surface area contributed by atoms with Gasteiger partial charge >= 0.3 is 0 Å². The van der Waals surface area contributed by atoms with Crippen molar-refractivity contribution < 1.29 is 8.42 Å². The van der Waals surface area contributed by atoms with E-state index in [2.05, 4.69) is 22.2 Å². The Bertz CT molecular complexity index is 971. The van der Waals surface area contributed by atoms with Gasteiger partial charge in [0.15, 0.2) is 13.8 Å². The number of halogens is 1. The second-order valence-corrected chi connectivity index (χ2v) is 11.0. The van der Waals surface area contributed by atoms with Gasteiger partial charge in [-0.2, -0.15) is 0 Å². The number of hydrogen-bond acceptors (Lipinski definition) is 7. The number of aryl methyl sites for hydroxylation is 1. The Morgan fingerprint density at radius 2 is 2.26 bits per heavy atom. The highest BCUT2D eigenvalue weighted by Crippen LogP contribution is 2.25. The summed E-state index contributed by atoms with van der Waals surface area (Å²) in [7, 11) is -2.92. The number of nitrogens with one attached hydrogen (secondary N) is 1. The third-order valence-corrected chi connectivity index (χ3v) is 7.96. The summed E-state index contributed by atoms with van der Waals surface area (Å²) in [4.78, 5) is 2.17. The van der Waals surface area contributed by atoms with E-state index in [1.165, 1.54) is 11.3 Å². The lowest BCUT2D eigenvalue weighted by Gasteiger charge is -2.27. The topological polar surface area (TPSA) is 67.2 Å². The van der Waals surface area contributed by atoms with Gasteiger partial charge in [-0.05, 0) is 56.2 Å². The Morgan fingerprint density at radius 1 is 1.48 bits per heavy atom. The minimum absolute atomic E-state index is 0.0332. The van der Waals surface area contributed by atoms with Crippen molar-refractivity contribution in [2.45, 2.75) is 39.4 Å². The molecule has 1 N–H and O–H groups in total. The summed E-state index contributed by atoms with van der Waals surface area (Å²) < 4.78 is 26.1. The minimum Gasteiger partial charge on any atom is -0.330 e. The monoisotopic (exact) mass is 446 g/mol. The van der Waals surface area contributed by atoms with Gasteiger partial charge in [0.2, 0.25) is 5.13 Å². The molecule has 27 heavy (non-hydrogen) atoms. The fourth-order valence-corrected chi connectivity index (χ4v) is 6.09.